The molecule has 108 valence electrons. The van der Waals surface area contributed by atoms with Crippen molar-refractivity contribution in [2.45, 2.75) is 13.8 Å². The maximum atomic E-state index is 13.8. The Balaban J connectivity index is 2.06. The van der Waals surface area contributed by atoms with Gasteiger partial charge in [-0.2, -0.15) is 10.1 Å². The van der Waals surface area contributed by atoms with Crippen LogP contribution in [0.2, 0.25) is 0 Å². The van der Waals surface area contributed by atoms with Gasteiger partial charge >= 0.3 is 5.69 Å². The summed E-state index contributed by atoms with van der Waals surface area (Å²) in [5.41, 5.74) is 6.61. The van der Waals surface area contributed by atoms with Gasteiger partial charge in [-0.3, -0.25) is 0 Å². The fourth-order valence-corrected chi connectivity index (χ4v) is 1.98. The standard InChI is InChI=1S/C13H12FN5O2/c1-6-3-10(8(14)4-9(6)15)21-12-5-11-17-18-13(20)19(11)7(2)16-12/h3-5H,15H2,1-2H3,(H,18,20). The van der Waals surface area contributed by atoms with Gasteiger partial charge < -0.3 is 10.5 Å². The molecule has 7 nitrogen and oxygen atoms in total. The van der Waals surface area contributed by atoms with Crippen LogP contribution in [0.1, 0.15) is 11.4 Å². The molecule has 0 saturated carbocycles. The molecule has 1 aromatic carbocycles. The molecule has 0 aliphatic heterocycles. The third-order valence-electron chi connectivity index (χ3n) is 3.08. The average molecular weight is 289 g/mol. The number of ether oxygens (including phenoxy) is 1. The zero-order valence-corrected chi connectivity index (χ0v) is 11.3. The van der Waals surface area contributed by atoms with Crippen molar-refractivity contribution in [3.8, 4) is 11.6 Å². The first-order valence-corrected chi connectivity index (χ1v) is 6.14. The smallest absolute Gasteiger partial charge is 0.349 e. The molecule has 0 amide bonds. The Kier molecular flexibility index (Phi) is 2.86. The molecule has 2 aromatic heterocycles. The van der Waals surface area contributed by atoms with E-state index >= 15 is 0 Å². The fraction of sp³-hybridized carbons (Fsp3) is 0.154. The summed E-state index contributed by atoms with van der Waals surface area (Å²) >= 11 is 0. The van der Waals surface area contributed by atoms with Gasteiger partial charge in [0.2, 0.25) is 5.88 Å². The largest absolute Gasteiger partial charge is 0.436 e. The predicted octanol–water partition coefficient (Wildman–Crippen LogP) is 1.55. The zero-order valence-electron chi connectivity index (χ0n) is 11.3. The summed E-state index contributed by atoms with van der Waals surface area (Å²) < 4.78 is 20.5. The van der Waals surface area contributed by atoms with E-state index in [0.29, 0.717) is 22.7 Å². The lowest BCUT2D eigenvalue weighted by Gasteiger charge is -2.09. The first kappa shape index (κ1) is 13.1. The number of nitrogens with one attached hydrogen (secondary N) is 1. The van der Waals surface area contributed by atoms with Crippen LogP contribution in [0.25, 0.3) is 5.65 Å². The molecule has 21 heavy (non-hydrogen) atoms. The summed E-state index contributed by atoms with van der Waals surface area (Å²) in [6.07, 6.45) is 0. The number of halogens is 1. The van der Waals surface area contributed by atoms with Gasteiger partial charge in [-0.25, -0.2) is 18.7 Å². The number of H-pyrrole nitrogens is 1. The van der Waals surface area contributed by atoms with Crippen molar-refractivity contribution in [1.29, 1.82) is 0 Å². The average Bonchev–Trinajstić information content (AvgIpc) is 2.78. The Labute approximate surface area is 118 Å². The second-order valence-electron chi connectivity index (χ2n) is 4.61. The Bertz CT molecular complexity index is 899. The lowest BCUT2D eigenvalue weighted by Crippen LogP contribution is -2.13. The van der Waals surface area contributed by atoms with E-state index in [1.54, 1.807) is 13.8 Å². The summed E-state index contributed by atoms with van der Waals surface area (Å²) in [5, 5.41) is 6.13. The van der Waals surface area contributed by atoms with Crippen molar-refractivity contribution in [2.75, 3.05) is 5.73 Å². The van der Waals surface area contributed by atoms with E-state index in [1.807, 2.05) is 0 Å². The Morgan fingerprint density at radius 1 is 1.33 bits per heavy atom. The minimum Gasteiger partial charge on any atom is -0.436 e. The molecule has 0 fully saturated rings. The molecule has 0 atom stereocenters. The molecule has 3 aromatic rings. The number of nitrogens with zero attached hydrogens (tertiary/aromatic N) is 3. The minimum atomic E-state index is -0.586. The van der Waals surface area contributed by atoms with Crippen LogP contribution in [0.5, 0.6) is 11.6 Å². The van der Waals surface area contributed by atoms with Gasteiger partial charge in [0.05, 0.1) is 0 Å². The molecule has 3 N–H and O–H groups in total. The number of anilines is 1. The van der Waals surface area contributed by atoms with Gasteiger partial charge in [0.15, 0.2) is 17.2 Å². The van der Waals surface area contributed by atoms with Crippen molar-refractivity contribution in [3.63, 3.8) is 0 Å². The quantitative estimate of drug-likeness (QED) is 0.697. The molecule has 0 saturated heterocycles. The molecule has 0 radical (unpaired) electrons. The maximum Gasteiger partial charge on any atom is 0.349 e. The highest BCUT2D eigenvalue weighted by atomic mass is 19.1. The number of hydrogen-bond donors (Lipinski definition) is 2. The maximum absolute atomic E-state index is 13.8. The van der Waals surface area contributed by atoms with E-state index in [-0.39, 0.29) is 11.6 Å². The first-order chi connectivity index (χ1) is 9.95. The van der Waals surface area contributed by atoms with E-state index in [2.05, 4.69) is 15.2 Å². The summed E-state index contributed by atoms with van der Waals surface area (Å²) in [4.78, 5) is 15.6. The van der Waals surface area contributed by atoms with Crippen molar-refractivity contribution in [3.05, 3.63) is 45.9 Å². The van der Waals surface area contributed by atoms with E-state index in [1.165, 1.54) is 22.6 Å². The van der Waals surface area contributed by atoms with Gasteiger partial charge in [-0.1, -0.05) is 0 Å². The molecule has 0 aliphatic rings. The molecular formula is C13H12FN5O2. The van der Waals surface area contributed by atoms with Crippen LogP contribution in [0.4, 0.5) is 10.1 Å². The summed E-state index contributed by atoms with van der Waals surface area (Å²) in [6.45, 7) is 3.37. The van der Waals surface area contributed by atoms with Crippen molar-refractivity contribution >= 4 is 11.3 Å². The molecule has 0 bridgehead atoms. The summed E-state index contributed by atoms with van der Waals surface area (Å²) in [5.74, 6) is -0.0522. The van der Waals surface area contributed by atoms with Crippen molar-refractivity contribution in [2.24, 2.45) is 0 Å². The third kappa shape index (κ3) is 2.20. The number of fused-ring (bicyclic) bond motifs is 1. The van der Waals surface area contributed by atoms with Crippen LogP contribution < -0.4 is 16.2 Å². The molecule has 2 heterocycles. The molecule has 0 unspecified atom stereocenters. The number of benzene rings is 1. The second-order valence-corrected chi connectivity index (χ2v) is 4.61. The highest BCUT2D eigenvalue weighted by Crippen LogP contribution is 2.27. The summed E-state index contributed by atoms with van der Waals surface area (Å²) in [7, 11) is 0. The molecular weight excluding hydrogens is 277 g/mol. The van der Waals surface area contributed by atoms with Gasteiger partial charge in [-0.05, 0) is 25.5 Å². The normalized spacial score (nSPS) is 11.0. The number of nitrogen functional groups attached to an aromatic ring is 1. The van der Waals surface area contributed by atoms with Crippen molar-refractivity contribution in [1.82, 2.24) is 19.6 Å². The molecule has 0 aliphatic carbocycles. The van der Waals surface area contributed by atoms with Crippen LogP contribution in [-0.2, 0) is 0 Å². The SMILES string of the molecule is Cc1cc(Oc2cc3n[nH]c(=O)n3c(C)n2)c(F)cc1N. The van der Waals surface area contributed by atoms with Crippen LogP contribution >= 0.6 is 0 Å². The van der Waals surface area contributed by atoms with E-state index < -0.39 is 11.5 Å². The van der Waals surface area contributed by atoms with Crippen LogP contribution in [0, 0.1) is 19.7 Å². The summed E-state index contributed by atoms with van der Waals surface area (Å²) in [6, 6.07) is 4.12. The molecule has 3 rings (SSSR count). The van der Waals surface area contributed by atoms with E-state index in [9.17, 15) is 9.18 Å². The Hall–Kier alpha value is -2.90. The van der Waals surface area contributed by atoms with Gasteiger partial charge in [0, 0.05) is 17.8 Å². The molecule has 8 heteroatoms. The van der Waals surface area contributed by atoms with Crippen LogP contribution in [0.15, 0.2) is 23.0 Å². The van der Waals surface area contributed by atoms with E-state index in [4.69, 9.17) is 10.5 Å². The van der Waals surface area contributed by atoms with Crippen LogP contribution in [-0.4, -0.2) is 19.6 Å². The second kappa shape index (κ2) is 4.58. The Morgan fingerprint density at radius 3 is 2.86 bits per heavy atom. The fourth-order valence-electron chi connectivity index (χ4n) is 1.98. The predicted molar refractivity (Wildman–Crippen MR) is 74.0 cm³/mol. The van der Waals surface area contributed by atoms with Crippen LogP contribution in [0.3, 0.4) is 0 Å². The number of rotatable bonds is 2. The molecule has 0 spiro atoms. The lowest BCUT2D eigenvalue weighted by atomic mass is 10.2. The zero-order chi connectivity index (χ0) is 15.1. The number of aromatic nitrogens is 4. The number of hydrogen-bond acceptors (Lipinski definition) is 5. The van der Waals surface area contributed by atoms with Gasteiger partial charge in [0.25, 0.3) is 0 Å². The van der Waals surface area contributed by atoms with Gasteiger partial charge in [-0.15, -0.1) is 0 Å². The minimum absolute atomic E-state index is 0.0100. The lowest BCUT2D eigenvalue weighted by molar-refractivity contribution is 0.425. The third-order valence-corrected chi connectivity index (χ3v) is 3.08. The van der Waals surface area contributed by atoms with Gasteiger partial charge in [0.1, 0.15) is 5.82 Å². The number of aromatic amines is 1. The topological polar surface area (TPSA) is 98.3 Å². The number of nitrogens with two attached hydrogens (primary N) is 1. The van der Waals surface area contributed by atoms with E-state index in [0.717, 1.165) is 0 Å². The monoisotopic (exact) mass is 289 g/mol. The highest BCUT2D eigenvalue weighted by molar-refractivity contribution is 5.51. The Morgan fingerprint density at radius 2 is 2.10 bits per heavy atom. The number of aryl methyl sites for hydroxylation is 2. The van der Waals surface area contributed by atoms with Crippen molar-refractivity contribution < 1.29 is 9.13 Å². The first-order valence-electron chi connectivity index (χ1n) is 6.14. The highest BCUT2D eigenvalue weighted by Gasteiger charge is 2.12.